The van der Waals surface area contributed by atoms with E-state index in [0.29, 0.717) is 17.2 Å². The lowest BCUT2D eigenvalue weighted by molar-refractivity contribution is -0.122. The normalized spacial score (nSPS) is 15.7. The summed E-state index contributed by atoms with van der Waals surface area (Å²) in [5, 5.41) is 2.92. The van der Waals surface area contributed by atoms with E-state index in [4.69, 9.17) is 14.2 Å². The first-order chi connectivity index (χ1) is 11.7. The molecule has 0 fully saturated rings. The molecule has 0 saturated carbocycles. The van der Waals surface area contributed by atoms with Crippen molar-refractivity contribution in [2.45, 2.75) is 32.3 Å². The van der Waals surface area contributed by atoms with E-state index in [2.05, 4.69) is 17.4 Å². The highest BCUT2D eigenvalue weighted by Crippen LogP contribution is 2.35. The number of aryl methyl sites for hydroxylation is 2. The molecule has 0 radical (unpaired) electrons. The maximum Gasteiger partial charge on any atom is 0.265 e. The molecule has 1 aliphatic heterocycles. The van der Waals surface area contributed by atoms with Gasteiger partial charge in [0.15, 0.2) is 17.6 Å². The largest absolute Gasteiger partial charge is 0.481 e. The zero-order chi connectivity index (χ0) is 16.5. The van der Waals surface area contributed by atoms with Crippen LogP contribution in [0.25, 0.3) is 0 Å². The molecule has 0 aromatic heterocycles. The maximum atomic E-state index is 12.4. The molecule has 1 aliphatic carbocycles. The molecule has 124 valence electrons. The van der Waals surface area contributed by atoms with E-state index in [1.165, 1.54) is 17.5 Å². The molecule has 24 heavy (non-hydrogen) atoms. The minimum atomic E-state index is -0.612. The second kappa shape index (κ2) is 6.07. The second-order valence-electron chi connectivity index (χ2n) is 6.10. The van der Waals surface area contributed by atoms with Crippen LogP contribution in [0.15, 0.2) is 36.4 Å². The summed E-state index contributed by atoms with van der Waals surface area (Å²) in [7, 11) is 0. The Morgan fingerprint density at radius 2 is 1.92 bits per heavy atom. The van der Waals surface area contributed by atoms with Crippen LogP contribution in [0, 0.1) is 0 Å². The summed E-state index contributed by atoms with van der Waals surface area (Å²) in [5.74, 6) is 1.73. The number of benzene rings is 2. The molecule has 2 aliphatic rings. The molecule has 0 bridgehead atoms. The third-order valence-electron chi connectivity index (χ3n) is 4.39. The van der Waals surface area contributed by atoms with Crippen LogP contribution in [-0.4, -0.2) is 18.8 Å². The van der Waals surface area contributed by atoms with Gasteiger partial charge in [-0.15, -0.1) is 0 Å². The average Bonchev–Trinajstić information content (AvgIpc) is 3.22. The summed E-state index contributed by atoms with van der Waals surface area (Å²) in [6, 6.07) is 11.4. The number of carbonyl (C=O) groups excluding carboxylic acids is 1. The number of rotatable bonds is 4. The Morgan fingerprint density at radius 1 is 1.08 bits per heavy atom. The monoisotopic (exact) mass is 325 g/mol. The lowest BCUT2D eigenvalue weighted by Crippen LogP contribution is -2.30. The number of amides is 1. The number of nitrogens with one attached hydrogen (secondary N) is 1. The van der Waals surface area contributed by atoms with Crippen molar-refractivity contribution in [1.82, 2.24) is 0 Å². The Balaban J connectivity index is 1.41. The van der Waals surface area contributed by atoms with Crippen LogP contribution in [0.3, 0.4) is 0 Å². The van der Waals surface area contributed by atoms with Crippen LogP contribution in [-0.2, 0) is 17.6 Å². The number of anilines is 1. The van der Waals surface area contributed by atoms with Crippen molar-refractivity contribution in [1.29, 1.82) is 0 Å². The molecule has 1 heterocycles. The molecule has 2 aromatic carbocycles. The number of ether oxygens (including phenoxy) is 3. The summed E-state index contributed by atoms with van der Waals surface area (Å²) in [5.41, 5.74) is 3.54. The van der Waals surface area contributed by atoms with Gasteiger partial charge in [-0.05, 0) is 61.6 Å². The van der Waals surface area contributed by atoms with Gasteiger partial charge in [-0.3, -0.25) is 4.79 Å². The van der Waals surface area contributed by atoms with Crippen LogP contribution in [0.4, 0.5) is 5.69 Å². The van der Waals surface area contributed by atoms with Crippen molar-refractivity contribution in [2.24, 2.45) is 0 Å². The van der Waals surface area contributed by atoms with Gasteiger partial charge in [-0.25, -0.2) is 0 Å². The van der Waals surface area contributed by atoms with Crippen LogP contribution in [0.5, 0.6) is 17.2 Å². The molecular weight excluding hydrogens is 306 g/mol. The molecular formula is C19H19NO4. The highest BCUT2D eigenvalue weighted by atomic mass is 16.7. The van der Waals surface area contributed by atoms with Gasteiger partial charge in [0.2, 0.25) is 6.79 Å². The van der Waals surface area contributed by atoms with E-state index >= 15 is 0 Å². The first kappa shape index (κ1) is 14.9. The molecule has 0 unspecified atom stereocenters. The van der Waals surface area contributed by atoms with Crippen LogP contribution in [0.1, 0.15) is 24.5 Å². The predicted molar refractivity (Wildman–Crippen MR) is 89.8 cm³/mol. The third kappa shape index (κ3) is 2.89. The van der Waals surface area contributed by atoms with Crippen molar-refractivity contribution >= 4 is 11.6 Å². The lowest BCUT2D eigenvalue weighted by Gasteiger charge is -2.15. The van der Waals surface area contributed by atoms with Crippen molar-refractivity contribution in [3.05, 3.63) is 47.5 Å². The first-order valence-corrected chi connectivity index (χ1v) is 8.18. The Labute approximate surface area is 140 Å². The quantitative estimate of drug-likeness (QED) is 0.937. The Morgan fingerprint density at radius 3 is 2.83 bits per heavy atom. The van der Waals surface area contributed by atoms with E-state index < -0.39 is 6.10 Å². The van der Waals surface area contributed by atoms with Crippen molar-refractivity contribution in [3.8, 4) is 17.2 Å². The SMILES string of the molecule is C[C@H](Oc1ccc2c(c1)OCO2)C(=O)Nc1ccc2c(c1)CCC2. The van der Waals surface area contributed by atoms with Gasteiger partial charge in [-0.1, -0.05) is 6.07 Å². The Bertz CT molecular complexity index is 787. The molecule has 1 atom stereocenters. The second-order valence-corrected chi connectivity index (χ2v) is 6.10. The number of hydrogen-bond acceptors (Lipinski definition) is 4. The van der Waals surface area contributed by atoms with E-state index in [1.54, 1.807) is 25.1 Å². The van der Waals surface area contributed by atoms with Crippen LogP contribution >= 0.6 is 0 Å². The van der Waals surface area contributed by atoms with E-state index in [9.17, 15) is 4.79 Å². The fourth-order valence-electron chi connectivity index (χ4n) is 3.10. The highest BCUT2D eigenvalue weighted by Gasteiger charge is 2.19. The Hall–Kier alpha value is -2.69. The van der Waals surface area contributed by atoms with Gasteiger partial charge < -0.3 is 19.5 Å². The lowest BCUT2D eigenvalue weighted by atomic mass is 10.1. The molecule has 1 N–H and O–H groups in total. The molecule has 5 heteroatoms. The smallest absolute Gasteiger partial charge is 0.265 e. The topological polar surface area (TPSA) is 56.8 Å². The van der Waals surface area contributed by atoms with Gasteiger partial charge in [0, 0.05) is 11.8 Å². The van der Waals surface area contributed by atoms with Crippen molar-refractivity contribution in [3.63, 3.8) is 0 Å². The summed E-state index contributed by atoms with van der Waals surface area (Å²) >= 11 is 0. The van der Waals surface area contributed by atoms with E-state index in [-0.39, 0.29) is 12.7 Å². The minimum absolute atomic E-state index is 0.175. The minimum Gasteiger partial charge on any atom is -0.481 e. The molecule has 4 rings (SSSR count). The zero-order valence-electron chi connectivity index (χ0n) is 13.5. The predicted octanol–water partition coefficient (Wildman–Crippen LogP) is 3.31. The molecule has 1 amide bonds. The maximum absolute atomic E-state index is 12.4. The molecule has 5 nitrogen and oxygen atoms in total. The van der Waals surface area contributed by atoms with E-state index in [1.807, 2.05) is 6.07 Å². The number of fused-ring (bicyclic) bond motifs is 2. The summed E-state index contributed by atoms with van der Waals surface area (Å²) in [6.45, 7) is 1.94. The van der Waals surface area contributed by atoms with Gasteiger partial charge in [0.1, 0.15) is 5.75 Å². The van der Waals surface area contributed by atoms with E-state index in [0.717, 1.165) is 18.5 Å². The first-order valence-electron chi connectivity index (χ1n) is 8.18. The summed E-state index contributed by atoms with van der Waals surface area (Å²) < 4.78 is 16.3. The molecule has 0 saturated heterocycles. The summed E-state index contributed by atoms with van der Waals surface area (Å²) in [4.78, 5) is 12.4. The van der Waals surface area contributed by atoms with Gasteiger partial charge >= 0.3 is 0 Å². The fourth-order valence-corrected chi connectivity index (χ4v) is 3.10. The summed E-state index contributed by atoms with van der Waals surface area (Å²) in [6.07, 6.45) is 2.80. The zero-order valence-corrected chi connectivity index (χ0v) is 13.5. The number of hydrogen-bond donors (Lipinski definition) is 1. The van der Waals surface area contributed by atoms with Crippen molar-refractivity contribution in [2.75, 3.05) is 12.1 Å². The van der Waals surface area contributed by atoms with Crippen LogP contribution < -0.4 is 19.5 Å². The van der Waals surface area contributed by atoms with Crippen LogP contribution in [0.2, 0.25) is 0 Å². The number of carbonyl (C=O) groups is 1. The molecule has 2 aromatic rings. The van der Waals surface area contributed by atoms with Gasteiger partial charge in [0.25, 0.3) is 5.91 Å². The standard InChI is InChI=1S/C19H19NO4/c1-12(24-16-7-8-17-18(10-16)23-11-22-17)19(21)20-15-6-5-13-3-2-4-14(13)9-15/h5-10,12H,2-4,11H2,1H3,(H,20,21)/t12-/m0/s1. The molecule has 0 spiro atoms. The third-order valence-corrected chi connectivity index (χ3v) is 4.39. The average molecular weight is 325 g/mol. The fraction of sp³-hybridized carbons (Fsp3) is 0.316. The van der Waals surface area contributed by atoms with Gasteiger partial charge in [-0.2, -0.15) is 0 Å². The highest BCUT2D eigenvalue weighted by molar-refractivity contribution is 5.94. The van der Waals surface area contributed by atoms with Crippen molar-refractivity contribution < 1.29 is 19.0 Å². The van der Waals surface area contributed by atoms with Gasteiger partial charge in [0.05, 0.1) is 0 Å². The Kier molecular flexibility index (Phi) is 3.76.